The Bertz CT molecular complexity index is 754. The SMILES string of the molecule is Cl.Cl.Oc1c(F)cccc1[C@H](c1ccc(OC(F)(F)F)cc1)N1CCNCC1. The van der Waals surface area contributed by atoms with Crippen LogP contribution >= 0.6 is 24.8 Å². The number of para-hydroxylation sites is 1. The van der Waals surface area contributed by atoms with Gasteiger partial charge in [0, 0.05) is 31.7 Å². The summed E-state index contributed by atoms with van der Waals surface area (Å²) in [5.74, 6) is -1.52. The number of hydrogen-bond donors (Lipinski definition) is 2. The standard InChI is InChI=1S/C18H18F4N2O2.2ClH/c19-15-3-1-2-14(17(15)25)16(24-10-8-23-9-11-24)12-4-6-13(7-5-12)26-18(20,21)22;;/h1-7,16,23,25H,8-11H2;2*1H/t16-;;/m0../s1. The van der Waals surface area contributed by atoms with Gasteiger partial charge in [-0.3, -0.25) is 4.90 Å². The lowest BCUT2D eigenvalue weighted by molar-refractivity contribution is -0.274. The lowest BCUT2D eigenvalue weighted by atomic mass is 9.95. The average Bonchev–Trinajstić information content (AvgIpc) is 2.60. The van der Waals surface area contributed by atoms with Crippen molar-refractivity contribution in [3.63, 3.8) is 0 Å². The van der Waals surface area contributed by atoms with E-state index in [0.29, 0.717) is 24.2 Å². The number of hydrogen-bond acceptors (Lipinski definition) is 4. The van der Waals surface area contributed by atoms with E-state index in [1.165, 1.54) is 30.3 Å². The van der Waals surface area contributed by atoms with Crippen LogP contribution in [0.2, 0.25) is 0 Å². The van der Waals surface area contributed by atoms with E-state index < -0.39 is 24.0 Å². The van der Waals surface area contributed by atoms with E-state index in [1.54, 1.807) is 6.07 Å². The van der Waals surface area contributed by atoms with Crippen LogP contribution in [-0.2, 0) is 0 Å². The van der Waals surface area contributed by atoms with Gasteiger partial charge in [-0.2, -0.15) is 0 Å². The number of rotatable bonds is 4. The molecule has 1 heterocycles. The van der Waals surface area contributed by atoms with Gasteiger partial charge in [0.25, 0.3) is 0 Å². The fourth-order valence-corrected chi connectivity index (χ4v) is 3.13. The maximum atomic E-state index is 13.8. The Kier molecular flexibility index (Phi) is 8.81. The molecule has 1 fully saturated rings. The fourth-order valence-electron chi connectivity index (χ4n) is 3.13. The van der Waals surface area contributed by atoms with Crippen LogP contribution in [-0.4, -0.2) is 42.5 Å². The van der Waals surface area contributed by atoms with Crippen molar-refractivity contribution < 1.29 is 27.4 Å². The van der Waals surface area contributed by atoms with Crippen molar-refractivity contribution in [1.29, 1.82) is 0 Å². The van der Waals surface area contributed by atoms with Crippen LogP contribution < -0.4 is 10.1 Å². The zero-order valence-electron chi connectivity index (χ0n) is 14.6. The van der Waals surface area contributed by atoms with Crippen LogP contribution in [0.25, 0.3) is 0 Å². The van der Waals surface area contributed by atoms with Crippen molar-refractivity contribution in [1.82, 2.24) is 10.2 Å². The molecular weight excluding hydrogens is 423 g/mol. The Hall–Kier alpha value is -1.74. The molecule has 2 aromatic carbocycles. The number of nitrogens with one attached hydrogen (secondary N) is 1. The predicted octanol–water partition coefficient (Wildman–Crippen LogP) is 4.27. The van der Waals surface area contributed by atoms with Gasteiger partial charge >= 0.3 is 6.36 Å². The molecule has 0 unspecified atom stereocenters. The van der Waals surface area contributed by atoms with E-state index in [9.17, 15) is 22.7 Å². The van der Waals surface area contributed by atoms with Crippen LogP contribution in [0, 0.1) is 5.82 Å². The molecule has 1 aliphatic rings. The molecule has 3 rings (SSSR count). The van der Waals surface area contributed by atoms with Gasteiger partial charge in [-0.1, -0.05) is 24.3 Å². The maximum absolute atomic E-state index is 13.8. The van der Waals surface area contributed by atoms with E-state index in [1.807, 2.05) is 4.90 Å². The molecular formula is C18H20Cl2F4N2O2. The number of nitrogens with zero attached hydrogens (tertiary/aromatic N) is 1. The lowest BCUT2D eigenvalue weighted by Gasteiger charge is -2.35. The summed E-state index contributed by atoms with van der Waals surface area (Å²) in [5.41, 5.74) is 1.01. The maximum Gasteiger partial charge on any atom is 0.573 e. The molecule has 0 saturated carbocycles. The first-order valence-corrected chi connectivity index (χ1v) is 8.13. The van der Waals surface area contributed by atoms with Crippen LogP contribution in [0.1, 0.15) is 17.2 Å². The average molecular weight is 443 g/mol. The van der Waals surface area contributed by atoms with Crippen molar-refractivity contribution >= 4 is 24.8 Å². The Balaban J connectivity index is 0.00000196. The minimum absolute atomic E-state index is 0. The number of benzene rings is 2. The number of phenols is 1. The minimum atomic E-state index is -4.76. The highest BCUT2D eigenvalue weighted by Gasteiger charge is 2.31. The minimum Gasteiger partial charge on any atom is -0.505 e. The van der Waals surface area contributed by atoms with Gasteiger partial charge in [0.05, 0.1) is 6.04 Å². The Labute approximate surface area is 172 Å². The third-order valence-electron chi connectivity index (χ3n) is 4.26. The first-order valence-electron chi connectivity index (χ1n) is 8.13. The molecule has 0 spiro atoms. The fraction of sp³-hybridized carbons (Fsp3) is 0.333. The van der Waals surface area contributed by atoms with E-state index in [4.69, 9.17) is 0 Å². The molecule has 4 nitrogen and oxygen atoms in total. The zero-order valence-corrected chi connectivity index (χ0v) is 16.2. The molecule has 156 valence electrons. The van der Waals surface area contributed by atoms with Crippen LogP contribution in [0.4, 0.5) is 17.6 Å². The summed E-state index contributed by atoms with van der Waals surface area (Å²) in [4.78, 5) is 2.05. The van der Waals surface area contributed by atoms with E-state index in [0.717, 1.165) is 19.2 Å². The number of phenolic OH excluding ortho intramolecular Hbond substituents is 1. The number of alkyl halides is 3. The van der Waals surface area contributed by atoms with E-state index in [2.05, 4.69) is 10.1 Å². The Morgan fingerprint density at radius 1 is 1.00 bits per heavy atom. The van der Waals surface area contributed by atoms with Crippen molar-refractivity contribution in [2.24, 2.45) is 0 Å². The lowest BCUT2D eigenvalue weighted by Crippen LogP contribution is -2.45. The molecule has 0 amide bonds. The van der Waals surface area contributed by atoms with Crippen LogP contribution in [0.5, 0.6) is 11.5 Å². The van der Waals surface area contributed by atoms with Crippen molar-refractivity contribution in [3.8, 4) is 11.5 Å². The topological polar surface area (TPSA) is 44.7 Å². The zero-order chi connectivity index (χ0) is 18.7. The van der Waals surface area contributed by atoms with Crippen molar-refractivity contribution in [2.75, 3.05) is 26.2 Å². The molecule has 0 radical (unpaired) electrons. The second-order valence-corrected chi connectivity index (χ2v) is 5.98. The molecule has 1 saturated heterocycles. The number of halogens is 6. The first-order chi connectivity index (χ1) is 12.3. The van der Waals surface area contributed by atoms with Gasteiger partial charge in [-0.15, -0.1) is 38.0 Å². The Morgan fingerprint density at radius 3 is 2.18 bits per heavy atom. The molecule has 1 atom stereocenters. The Morgan fingerprint density at radius 2 is 1.61 bits per heavy atom. The third kappa shape index (κ3) is 5.88. The highest BCUT2D eigenvalue weighted by Crippen LogP contribution is 2.36. The molecule has 28 heavy (non-hydrogen) atoms. The predicted molar refractivity (Wildman–Crippen MR) is 102 cm³/mol. The second kappa shape index (κ2) is 10.2. The number of piperazine rings is 1. The summed E-state index contributed by atoms with van der Waals surface area (Å²) in [6, 6.07) is 9.23. The molecule has 0 aromatic heterocycles. The molecule has 1 aliphatic heterocycles. The van der Waals surface area contributed by atoms with Gasteiger partial charge in [-0.05, 0) is 23.8 Å². The number of ether oxygens (including phenoxy) is 1. The highest BCUT2D eigenvalue weighted by atomic mass is 35.5. The van der Waals surface area contributed by atoms with Crippen molar-refractivity contribution in [2.45, 2.75) is 12.4 Å². The normalized spacial score (nSPS) is 15.9. The second-order valence-electron chi connectivity index (χ2n) is 5.98. The summed E-state index contributed by atoms with van der Waals surface area (Å²) in [5, 5.41) is 13.4. The van der Waals surface area contributed by atoms with Gasteiger partial charge in [0.2, 0.25) is 0 Å². The molecule has 0 aliphatic carbocycles. The molecule has 2 N–H and O–H groups in total. The third-order valence-corrected chi connectivity index (χ3v) is 4.26. The molecule has 0 bridgehead atoms. The van der Waals surface area contributed by atoms with Gasteiger partial charge < -0.3 is 15.2 Å². The van der Waals surface area contributed by atoms with Gasteiger partial charge in [-0.25, -0.2) is 4.39 Å². The van der Waals surface area contributed by atoms with E-state index in [-0.39, 0.29) is 30.6 Å². The summed E-state index contributed by atoms with van der Waals surface area (Å²) in [7, 11) is 0. The first kappa shape index (κ1) is 24.3. The summed E-state index contributed by atoms with van der Waals surface area (Å²) in [6.07, 6.45) is -4.76. The largest absolute Gasteiger partial charge is 0.573 e. The monoisotopic (exact) mass is 442 g/mol. The van der Waals surface area contributed by atoms with Gasteiger partial charge in [0.15, 0.2) is 11.6 Å². The van der Waals surface area contributed by atoms with Crippen LogP contribution in [0.3, 0.4) is 0 Å². The molecule has 10 heteroatoms. The quantitative estimate of drug-likeness (QED) is 0.694. The van der Waals surface area contributed by atoms with Crippen molar-refractivity contribution in [3.05, 3.63) is 59.4 Å². The van der Waals surface area contributed by atoms with E-state index >= 15 is 0 Å². The van der Waals surface area contributed by atoms with Crippen LogP contribution in [0.15, 0.2) is 42.5 Å². The van der Waals surface area contributed by atoms with Gasteiger partial charge in [0.1, 0.15) is 5.75 Å². The number of aromatic hydroxyl groups is 1. The summed E-state index contributed by atoms with van der Waals surface area (Å²) < 4.78 is 54.8. The molecule has 2 aromatic rings. The smallest absolute Gasteiger partial charge is 0.505 e. The summed E-state index contributed by atoms with van der Waals surface area (Å²) >= 11 is 0. The highest BCUT2D eigenvalue weighted by molar-refractivity contribution is 5.85. The summed E-state index contributed by atoms with van der Waals surface area (Å²) in [6.45, 7) is 2.76.